The van der Waals surface area contributed by atoms with Crippen molar-refractivity contribution in [3.8, 4) is 5.75 Å². The zero-order valence-corrected chi connectivity index (χ0v) is 10.1. The van der Waals surface area contributed by atoms with E-state index in [1.807, 2.05) is 19.1 Å². The number of nitrogens with one attached hydrogen (secondary N) is 2. The molecule has 0 saturated heterocycles. The first-order chi connectivity index (χ1) is 7.72. The predicted octanol–water partition coefficient (Wildman–Crippen LogP) is 2.03. The van der Waals surface area contributed by atoms with E-state index in [-0.39, 0.29) is 0 Å². The van der Waals surface area contributed by atoms with Gasteiger partial charge in [0.25, 0.3) is 0 Å². The van der Waals surface area contributed by atoms with E-state index >= 15 is 0 Å². The van der Waals surface area contributed by atoms with Crippen molar-refractivity contribution in [1.29, 1.82) is 0 Å². The van der Waals surface area contributed by atoms with Crippen LogP contribution in [-0.4, -0.2) is 26.2 Å². The summed E-state index contributed by atoms with van der Waals surface area (Å²) in [6, 6.07) is 3.81. The molecule has 2 rings (SSSR count). The van der Waals surface area contributed by atoms with Gasteiger partial charge >= 0.3 is 0 Å². The van der Waals surface area contributed by atoms with Gasteiger partial charge in [0.2, 0.25) is 0 Å². The Balaban J connectivity index is 2.33. The number of benzene rings is 1. The monoisotopic (exact) mass is 239 g/mol. The molecule has 0 atom stereocenters. The summed E-state index contributed by atoms with van der Waals surface area (Å²) in [6.45, 7) is 3.60. The molecule has 16 heavy (non-hydrogen) atoms. The maximum atomic E-state index is 6.23. The Bertz CT molecular complexity index is 431. The van der Waals surface area contributed by atoms with E-state index in [1.54, 1.807) is 7.11 Å². The zero-order valence-electron chi connectivity index (χ0n) is 9.30. The van der Waals surface area contributed by atoms with Crippen molar-refractivity contribution in [2.45, 2.75) is 6.92 Å². The minimum atomic E-state index is 0.663. The van der Waals surface area contributed by atoms with E-state index in [1.165, 1.54) is 0 Å². The molecular weight excluding hydrogens is 226 g/mol. The highest BCUT2D eigenvalue weighted by atomic mass is 35.5. The van der Waals surface area contributed by atoms with E-state index in [0.717, 1.165) is 30.3 Å². The van der Waals surface area contributed by atoms with Crippen molar-refractivity contribution in [2.75, 3.05) is 25.5 Å². The number of hydrogen-bond donors (Lipinski definition) is 2. The molecule has 1 aliphatic heterocycles. The van der Waals surface area contributed by atoms with Gasteiger partial charge in [-0.2, -0.15) is 0 Å². The molecule has 0 aromatic heterocycles. The predicted molar refractivity (Wildman–Crippen MR) is 66.7 cm³/mol. The summed E-state index contributed by atoms with van der Waals surface area (Å²) in [5.74, 6) is 1.46. The normalized spacial score (nSPS) is 14.3. The molecule has 1 aromatic carbocycles. The SMILES string of the molecule is COc1ccc(C)c(Cl)c1NC1=NCCN1. The first kappa shape index (κ1) is 11.1. The summed E-state index contributed by atoms with van der Waals surface area (Å²) < 4.78 is 5.26. The van der Waals surface area contributed by atoms with E-state index in [9.17, 15) is 0 Å². The van der Waals surface area contributed by atoms with Crippen molar-refractivity contribution >= 4 is 23.2 Å². The second-order valence-electron chi connectivity index (χ2n) is 3.56. The molecule has 0 unspecified atom stereocenters. The van der Waals surface area contributed by atoms with E-state index in [2.05, 4.69) is 15.6 Å². The molecule has 0 spiro atoms. The smallest absolute Gasteiger partial charge is 0.196 e. The quantitative estimate of drug-likeness (QED) is 0.830. The molecule has 0 fully saturated rings. The first-order valence-corrected chi connectivity index (χ1v) is 5.48. The van der Waals surface area contributed by atoms with Crippen LogP contribution < -0.4 is 15.4 Å². The van der Waals surface area contributed by atoms with Crippen molar-refractivity contribution < 1.29 is 4.74 Å². The Morgan fingerprint density at radius 2 is 2.31 bits per heavy atom. The minimum absolute atomic E-state index is 0.663. The highest BCUT2D eigenvalue weighted by molar-refractivity contribution is 6.35. The number of anilines is 1. The Morgan fingerprint density at radius 1 is 1.50 bits per heavy atom. The summed E-state index contributed by atoms with van der Waals surface area (Å²) in [7, 11) is 1.62. The van der Waals surface area contributed by atoms with Gasteiger partial charge in [-0.1, -0.05) is 17.7 Å². The number of rotatable bonds is 2. The van der Waals surface area contributed by atoms with Crippen LogP contribution in [0.5, 0.6) is 5.75 Å². The van der Waals surface area contributed by atoms with Crippen molar-refractivity contribution in [3.63, 3.8) is 0 Å². The summed E-state index contributed by atoms with van der Waals surface area (Å²) in [5, 5.41) is 6.94. The van der Waals surface area contributed by atoms with Crippen LogP contribution in [0.4, 0.5) is 5.69 Å². The first-order valence-electron chi connectivity index (χ1n) is 5.11. The number of aliphatic imine (C=N–C) groups is 1. The molecule has 1 aliphatic rings. The van der Waals surface area contributed by atoms with Crippen LogP contribution >= 0.6 is 11.6 Å². The highest BCUT2D eigenvalue weighted by Gasteiger charge is 2.13. The van der Waals surface area contributed by atoms with E-state index in [0.29, 0.717) is 10.8 Å². The van der Waals surface area contributed by atoms with E-state index < -0.39 is 0 Å². The third-order valence-electron chi connectivity index (χ3n) is 2.43. The number of aryl methyl sites for hydroxylation is 1. The van der Waals surface area contributed by atoms with Crippen LogP contribution in [0.1, 0.15) is 5.56 Å². The van der Waals surface area contributed by atoms with Gasteiger partial charge in [-0.05, 0) is 18.6 Å². The fourth-order valence-electron chi connectivity index (χ4n) is 1.55. The van der Waals surface area contributed by atoms with Crippen molar-refractivity contribution in [1.82, 2.24) is 5.32 Å². The fraction of sp³-hybridized carbons (Fsp3) is 0.364. The molecule has 2 N–H and O–H groups in total. The fourth-order valence-corrected chi connectivity index (χ4v) is 1.75. The largest absolute Gasteiger partial charge is 0.495 e. The molecular formula is C11H14ClN3O. The number of hydrogen-bond acceptors (Lipinski definition) is 4. The summed E-state index contributed by atoms with van der Waals surface area (Å²) in [4.78, 5) is 4.26. The number of nitrogens with zero attached hydrogens (tertiary/aromatic N) is 1. The summed E-state index contributed by atoms with van der Waals surface area (Å²) in [5.41, 5.74) is 1.76. The molecule has 0 saturated carbocycles. The van der Waals surface area contributed by atoms with Gasteiger partial charge in [0, 0.05) is 6.54 Å². The topological polar surface area (TPSA) is 45.6 Å². The van der Waals surface area contributed by atoms with Gasteiger partial charge in [0.05, 0.1) is 18.7 Å². The molecule has 1 aromatic rings. The Morgan fingerprint density at radius 3 is 2.94 bits per heavy atom. The van der Waals surface area contributed by atoms with Gasteiger partial charge in [0.15, 0.2) is 5.96 Å². The average molecular weight is 240 g/mol. The maximum Gasteiger partial charge on any atom is 0.196 e. The second kappa shape index (κ2) is 4.61. The molecule has 0 radical (unpaired) electrons. The van der Waals surface area contributed by atoms with Crippen LogP contribution in [0, 0.1) is 6.92 Å². The minimum Gasteiger partial charge on any atom is -0.495 e. The third-order valence-corrected chi connectivity index (χ3v) is 2.92. The lowest BCUT2D eigenvalue weighted by Crippen LogP contribution is -2.26. The number of methoxy groups -OCH3 is 1. The molecule has 0 amide bonds. The molecule has 4 nitrogen and oxygen atoms in total. The average Bonchev–Trinajstić information content (AvgIpc) is 2.78. The van der Waals surface area contributed by atoms with Gasteiger partial charge in [-0.25, -0.2) is 0 Å². The van der Waals surface area contributed by atoms with Crippen LogP contribution in [-0.2, 0) is 0 Å². The molecule has 1 heterocycles. The van der Waals surface area contributed by atoms with Crippen LogP contribution in [0.25, 0.3) is 0 Å². The lowest BCUT2D eigenvalue weighted by Gasteiger charge is -2.14. The van der Waals surface area contributed by atoms with E-state index in [4.69, 9.17) is 16.3 Å². The van der Waals surface area contributed by atoms with Crippen LogP contribution in [0.3, 0.4) is 0 Å². The maximum absolute atomic E-state index is 6.23. The van der Waals surface area contributed by atoms with Crippen LogP contribution in [0.2, 0.25) is 5.02 Å². The van der Waals surface area contributed by atoms with Crippen LogP contribution in [0.15, 0.2) is 17.1 Å². The Hall–Kier alpha value is -1.42. The van der Waals surface area contributed by atoms with Crippen molar-refractivity contribution in [2.24, 2.45) is 4.99 Å². The van der Waals surface area contributed by atoms with Gasteiger partial charge in [0.1, 0.15) is 11.4 Å². The molecule has 5 heteroatoms. The lowest BCUT2D eigenvalue weighted by atomic mass is 10.2. The standard InChI is InChI=1S/C11H14ClN3O/c1-7-3-4-8(16-2)10(9(7)12)15-11-13-5-6-14-11/h3-4H,5-6H2,1-2H3,(H2,13,14,15). The summed E-state index contributed by atoms with van der Waals surface area (Å²) in [6.07, 6.45) is 0. The Kier molecular flexibility index (Phi) is 3.19. The highest BCUT2D eigenvalue weighted by Crippen LogP contribution is 2.34. The second-order valence-corrected chi connectivity index (χ2v) is 3.93. The number of guanidine groups is 1. The number of ether oxygens (including phenoxy) is 1. The lowest BCUT2D eigenvalue weighted by molar-refractivity contribution is 0.417. The molecule has 86 valence electrons. The van der Waals surface area contributed by atoms with Gasteiger partial charge < -0.3 is 15.4 Å². The molecule has 0 bridgehead atoms. The Labute approximate surface area is 99.7 Å². The third kappa shape index (κ3) is 2.07. The van der Waals surface area contributed by atoms with Gasteiger partial charge in [-0.3, -0.25) is 4.99 Å². The van der Waals surface area contributed by atoms with Gasteiger partial charge in [-0.15, -0.1) is 0 Å². The number of halogens is 1. The molecule has 0 aliphatic carbocycles. The summed E-state index contributed by atoms with van der Waals surface area (Å²) >= 11 is 6.23. The van der Waals surface area contributed by atoms with Crippen molar-refractivity contribution in [3.05, 3.63) is 22.7 Å². The zero-order chi connectivity index (χ0) is 11.5.